The Morgan fingerprint density at radius 1 is 1.50 bits per heavy atom. The van der Waals surface area contributed by atoms with Crippen LogP contribution in [0.15, 0.2) is 18.2 Å². The predicted molar refractivity (Wildman–Crippen MR) is 57.1 cm³/mol. The van der Waals surface area contributed by atoms with Crippen LogP contribution in [0.4, 0.5) is 0 Å². The predicted octanol–water partition coefficient (Wildman–Crippen LogP) is 3.16. The van der Waals surface area contributed by atoms with Crippen LogP contribution in [0, 0.1) is 6.92 Å². The van der Waals surface area contributed by atoms with Gasteiger partial charge in [0.05, 0.1) is 6.61 Å². The Labute approximate surface area is 88.8 Å². The van der Waals surface area contributed by atoms with E-state index in [1.54, 1.807) is 12.1 Å². The fourth-order valence-electron chi connectivity index (χ4n) is 1.17. The zero-order chi connectivity index (χ0) is 10.6. The van der Waals surface area contributed by atoms with Crippen LogP contribution in [-0.2, 0) is 0 Å². The van der Waals surface area contributed by atoms with Crippen molar-refractivity contribution < 1.29 is 9.53 Å². The topological polar surface area (TPSA) is 26.3 Å². The molecule has 1 rings (SSSR count). The molecular formula is C11H13ClO2. The molecule has 1 aromatic rings. The summed E-state index contributed by atoms with van der Waals surface area (Å²) in [6, 6.07) is 5.28. The summed E-state index contributed by atoms with van der Waals surface area (Å²) in [5.74, 6) is 0.783. The Hall–Kier alpha value is -1.02. The Morgan fingerprint density at radius 3 is 2.71 bits per heavy atom. The summed E-state index contributed by atoms with van der Waals surface area (Å²) in [6.45, 7) is 4.57. The van der Waals surface area contributed by atoms with Gasteiger partial charge in [0, 0.05) is 5.56 Å². The largest absolute Gasteiger partial charge is 0.494 e. The zero-order valence-electron chi connectivity index (χ0n) is 8.34. The standard InChI is InChI=1S/C11H13ClO2/c1-3-6-14-9-4-5-10(11(12)13)8(2)7-9/h4-5,7H,3,6H2,1-2H3. The van der Waals surface area contributed by atoms with Gasteiger partial charge in [-0.2, -0.15) is 0 Å². The number of carbonyl (C=O) groups is 1. The van der Waals surface area contributed by atoms with Crippen LogP contribution >= 0.6 is 11.6 Å². The summed E-state index contributed by atoms with van der Waals surface area (Å²) in [6.07, 6.45) is 0.967. The molecule has 1 aromatic carbocycles. The fraction of sp³-hybridized carbons (Fsp3) is 0.364. The maximum atomic E-state index is 10.9. The van der Waals surface area contributed by atoms with Crippen molar-refractivity contribution in [1.82, 2.24) is 0 Å². The van der Waals surface area contributed by atoms with E-state index in [-0.39, 0.29) is 0 Å². The summed E-state index contributed by atoms with van der Waals surface area (Å²) >= 11 is 5.39. The number of halogens is 1. The number of hydrogen-bond acceptors (Lipinski definition) is 2. The van der Waals surface area contributed by atoms with E-state index in [1.165, 1.54) is 0 Å². The molecule has 76 valence electrons. The summed E-state index contributed by atoms with van der Waals surface area (Å²) in [5.41, 5.74) is 1.38. The Kier molecular flexibility index (Phi) is 3.96. The molecule has 0 saturated carbocycles. The number of carbonyl (C=O) groups excluding carboxylic acids is 1. The number of aryl methyl sites for hydroxylation is 1. The van der Waals surface area contributed by atoms with E-state index in [1.807, 2.05) is 19.9 Å². The molecule has 0 amide bonds. The van der Waals surface area contributed by atoms with Gasteiger partial charge in [0.25, 0.3) is 5.24 Å². The van der Waals surface area contributed by atoms with Gasteiger partial charge in [-0.1, -0.05) is 6.92 Å². The van der Waals surface area contributed by atoms with Crippen molar-refractivity contribution in [2.75, 3.05) is 6.61 Å². The Balaban J connectivity index is 2.83. The third kappa shape index (κ3) is 2.74. The van der Waals surface area contributed by atoms with Gasteiger partial charge in [-0.15, -0.1) is 0 Å². The molecule has 2 nitrogen and oxygen atoms in total. The number of hydrogen-bond donors (Lipinski definition) is 0. The van der Waals surface area contributed by atoms with Crippen molar-refractivity contribution in [2.45, 2.75) is 20.3 Å². The van der Waals surface area contributed by atoms with Crippen LogP contribution in [-0.4, -0.2) is 11.8 Å². The molecular weight excluding hydrogens is 200 g/mol. The lowest BCUT2D eigenvalue weighted by atomic mass is 10.1. The molecule has 3 heteroatoms. The van der Waals surface area contributed by atoms with Crippen molar-refractivity contribution in [2.24, 2.45) is 0 Å². The van der Waals surface area contributed by atoms with Crippen molar-refractivity contribution in [3.8, 4) is 5.75 Å². The minimum Gasteiger partial charge on any atom is -0.494 e. The number of ether oxygens (including phenoxy) is 1. The van der Waals surface area contributed by atoms with Gasteiger partial charge in [0.1, 0.15) is 5.75 Å². The Morgan fingerprint density at radius 2 is 2.21 bits per heavy atom. The van der Waals surface area contributed by atoms with Crippen LogP contribution in [0.3, 0.4) is 0 Å². The molecule has 0 aliphatic heterocycles. The van der Waals surface area contributed by atoms with Crippen LogP contribution in [0.25, 0.3) is 0 Å². The van der Waals surface area contributed by atoms with Gasteiger partial charge in [-0.3, -0.25) is 4.79 Å². The van der Waals surface area contributed by atoms with Crippen LogP contribution in [0.1, 0.15) is 29.3 Å². The lowest BCUT2D eigenvalue weighted by molar-refractivity contribution is 0.108. The average molecular weight is 213 g/mol. The molecule has 0 fully saturated rings. The monoisotopic (exact) mass is 212 g/mol. The molecule has 0 radical (unpaired) electrons. The second-order valence-corrected chi connectivity index (χ2v) is 3.44. The fourth-order valence-corrected chi connectivity index (χ4v) is 1.38. The van der Waals surface area contributed by atoms with E-state index >= 15 is 0 Å². The van der Waals surface area contributed by atoms with Crippen molar-refractivity contribution in [3.05, 3.63) is 29.3 Å². The summed E-state index contributed by atoms with van der Waals surface area (Å²) < 4.78 is 5.42. The molecule has 0 heterocycles. The van der Waals surface area contributed by atoms with E-state index in [0.717, 1.165) is 17.7 Å². The first-order chi connectivity index (χ1) is 6.65. The van der Waals surface area contributed by atoms with Crippen LogP contribution < -0.4 is 4.74 Å². The molecule has 0 aliphatic rings. The molecule has 0 bridgehead atoms. The van der Waals surface area contributed by atoms with Gasteiger partial charge in [0.2, 0.25) is 0 Å². The van der Waals surface area contributed by atoms with Crippen molar-refractivity contribution >= 4 is 16.8 Å². The highest BCUT2D eigenvalue weighted by molar-refractivity contribution is 6.67. The minimum atomic E-state index is -0.426. The first-order valence-corrected chi connectivity index (χ1v) is 4.96. The molecule has 0 spiro atoms. The van der Waals surface area contributed by atoms with E-state index < -0.39 is 5.24 Å². The lowest BCUT2D eigenvalue weighted by Crippen LogP contribution is -1.98. The molecule has 0 aromatic heterocycles. The highest BCUT2D eigenvalue weighted by Crippen LogP contribution is 2.18. The quantitative estimate of drug-likeness (QED) is 0.717. The summed E-state index contributed by atoms with van der Waals surface area (Å²) in [4.78, 5) is 10.9. The normalized spacial score (nSPS) is 9.93. The zero-order valence-corrected chi connectivity index (χ0v) is 9.10. The smallest absolute Gasteiger partial charge is 0.252 e. The second kappa shape index (κ2) is 5.01. The third-order valence-electron chi connectivity index (χ3n) is 1.88. The second-order valence-electron chi connectivity index (χ2n) is 3.10. The molecule has 0 saturated heterocycles. The SMILES string of the molecule is CCCOc1ccc(C(=O)Cl)c(C)c1. The summed E-state index contributed by atoms with van der Waals surface area (Å²) in [7, 11) is 0. The van der Waals surface area contributed by atoms with Crippen LogP contribution in [0.2, 0.25) is 0 Å². The number of rotatable bonds is 4. The van der Waals surface area contributed by atoms with Gasteiger partial charge in [0.15, 0.2) is 0 Å². The molecule has 14 heavy (non-hydrogen) atoms. The first kappa shape index (κ1) is 11.1. The minimum absolute atomic E-state index is 0.426. The highest BCUT2D eigenvalue weighted by atomic mass is 35.5. The average Bonchev–Trinajstić information content (AvgIpc) is 2.14. The molecule has 0 N–H and O–H groups in total. The van der Waals surface area contributed by atoms with E-state index in [4.69, 9.17) is 16.3 Å². The third-order valence-corrected chi connectivity index (χ3v) is 2.09. The van der Waals surface area contributed by atoms with E-state index in [9.17, 15) is 4.79 Å². The van der Waals surface area contributed by atoms with Crippen LogP contribution in [0.5, 0.6) is 5.75 Å². The first-order valence-electron chi connectivity index (χ1n) is 4.58. The van der Waals surface area contributed by atoms with Gasteiger partial charge >= 0.3 is 0 Å². The van der Waals surface area contributed by atoms with Gasteiger partial charge in [-0.25, -0.2) is 0 Å². The Bertz CT molecular complexity index is 334. The number of benzene rings is 1. The maximum absolute atomic E-state index is 10.9. The summed E-state index contributed by atoms with van der Waals surface area (Å²) in [5, 5.41) is -0.426. The van der Waals surface area contributed by atoms with Gasteiger partial charge < -0.3 is 4.74 Å². The van der Waals surface area contributed by atoms with Crippen molar-refractivity contribution in [3.63, 3.8) is 0 Å². The molecule has 0 atom stereocenters. The van der Waals surface area contributed by atoms with E-state index in [0.29, 0.717) is 12.2 Å². The van der Waals surface area contributed by atoms with E-state index in [2.05, 4.69) is 0 Å². The van der Waals surface area contributed by atoms with Crippen molar-refractivity contribution in [1.29, 1.82) is 0 Å². The lowest BCUT2D eigenvalue weighted by Gasteiger charge is -2.06. The maximum Gasteiger partial charge on any atom is 0.252 e. The molecule has 0 aliphatic carbocycles. The highest BCUT2D eigenvalue weighted by Gasteiger charge is 2.06. The molecule has 0 unspecified atom stereocenters. The van der Waals surface area contributed by atoms with Gasteiger partial charge in [-0.05, 0) is 48.7 Å².